The third-order valence-electron chi connectivity index (χ3n) is 2.46. The zero-order valence-electron chi connectivity index (χ0n) is 10.5. The standard InChI is InChI=1S/C14H9BrClF2NO2/c15-8-1-4-13(11(18)5-8)21-7-14(20)19-12-3-2-9(17)6-10(12)16/h1-6H,7H2,(H,19,20). The maximum atomic E-state index is 13.5. The van der Waals surface area contributed by atoms with Crippen molar-refractivity contribution in [1.82, 2.24) is 0 Å². The molecule has 1 amide bonds. The van der Waals surface area contributed by atoms with Crippen molar-refractivity contribution >= 4 is 39.1 Å². The van der Waals surface area contributed by atoms with Gasteiger partial charge in [0, 0.05) is 4.47 Å². The van der Waals surface area contributed by atoms with Crippen molar-refractivity contribution in [3.63, 3.8) is 0 Å². The Balaban J connectivity index is 1.96. The number of hydrogen-bond donors (Lipinski definition) is 1. The summed E-state index contributed by atoms with van der Waals surface area (Å²) in [6.45, 7) is -0.397. The topological polar surface area (TPSA) is 38.3 Å². The summed E-state index contributed by atoms with van der Waals surface area (Å²) >= 11 is 8.89. The first-order valence-electron chi connectivity index (χ1n) is 5.78. The lowest BCUT2D eigenvalue weighted by molar-refractivity contribution is -0.118. The summed E-state index contributed by atoms with van der Waals surface area (Å²) in [6, 6.07) is 7.79. The number of carbonyl (C=O) groups is 1. The summed E-state index contributed by atoms with van der Waals surface area (Å²) in [5.41, 5.74) is 0.253. The fraction of sp³-hybridized carbons (Fsp3) is 0.0714. The number of anilines is 1. The minimum atomic E-state index is -0.586. The van der Waals surface area contributed by atoms with E-state index in [4.69, 9.17) is 16.3 Å². The van der Waals surface area contributed by atoms with Crippen LogP contribution in [0, 0.1) is 11.6 Å². The predicted molar refractivity (Wildman–Crippen MR) is 79.6 cm³/mol. The van der Waals surface area contributed by atoms with E-state index in [1.165, 1.54) is 18.2 Å². The molecule has 0 aliphatic rings. The number of ether oxygens (including phenoxy) is 1. The Morgan fingerprint density at radius 1 is 1.24 bits per heavy atom. The van der Waals surface area contributed by atoms with E-state index in [9.17, 15) is 13.6 Å². The maximum absolute atomic E-state index is 13.5. The molecule has 0 bridgehead atoms. The SMILES string of the molecule is O=C(COc1ccc(Br)cc1F)Nc1ccc(F)cc1Cl. The van der Waals surface area contributed by atoms with Crippen molar-refractivity contribution in [2.45, 2.75) is 0 Å². The van der Waals surface area contributed by atoms with Crippen LogP contribution in [0.25, 0.3) is 0 Å². The number of benzene rings is 2. The highest BCUT2D eigenvalue weighted by atomic mass is 79.9. The van der Waals surface area contributed by atoms with E-state index < -0.39 is 24.1 Å². The van der Waals surface area contributed by atoms with Crippen LogP contribution in [0.3, 0.4) is 0 Å². The molecule has 110 valence electrons. The van der Waals surface area contributed by atoms with Gasteiger partial charge in [0.25, 0.3) is 5.91 Å². The second-order valence-corrected chi connectivity index (χ2v) is 5.36. The molecule has 3 nitrogen and oxygen atoms in total. The molecular formula is C14H9BrClF2NO2. The van der Waals surface area contributed by atoms with Crippen molar-refractivity contribution in [2.75, 3.05) is 11.9 Å². The molecule has 1 N–H and O–H groups in total. The lowest BCUT2D eigenvalue weighted by atomic mass is 10.3. The van der Waals surface area contributed by atoms with Gasteiger partial charge < -0.3 is 10.1 Å². The molecule has 0 saturated heterocycles. The molecule has 0 unspecified atom stereocenters. The van der Waals surface area contributed by atoms with Gasteiger partial charge in [-0.1, -0.05) is 27.5 Å². The number of hydrogen-bond acceptors (Lipinski definition) is 2. The second-order valence-electron chi connectivity index (χ2n) is 4.04. The van der Waals surface area contributed by atoms with Crippen molar-refractivity contribution in [2.24, 2.45) is 0 Å². The van der Waals surface area contributed by atoms with Gasteiger partial charge in [-0.05, 0) is 36.4 Å². The van der Waals surface area contributed by atoms with Crippen LogP contribution in [-0.4, -0.2) is 12.5 Å². The Kier molecular flexibility index (Phi) is 5.14. The number of rotatable bonds is 4. The van der Waals surface area contributed by atoms with E-state index in [-0.39, 0.29) is 16.5 Å². The van der Waals surface area contributed by atoms with Gasteiger partial charge in [-0.3, -0.25) is 4.79 Å². The molecule has 0 heterocycles. The van der Waals surface area contributed by atoms with Crippen molar-refractivity contribution in [1.29, 1.82) is 0 Å². The summed E-state index contributed by atoms with van der Waals surface area (Å²) in [5.74, 6) is -1.67. The molecule has 0 radical (unpaired) electrons. The Morgan fingerprint density at radius 3 is 2.67 bits per heavy atom. The monoisotopic (exact) mass is 375 g/mol. The van der Waals surface area contributed by atoms with Gasteiger partial charge >= 0.3 is 0 Å². The van der Waals surface area contributed by atoms with Crippen LogP contribution >= 0.6 is 27.5 Å². The van der Waals surface area contributed by atoms with Crippen molar-refractivity contribution < 1.29 is 18.3 Å². The van der Waals surface area contributed by atoms with Gasteiger partial charge in [0.15, 0.2) is 18.2 Å². The molecule has 2 aromatic rings. The van der Waals surface area contributed by atoms with E-state index in [0.717, 1.165) is 12.1 Å². The van der Waals surface area contributed by atoms with Crippen molar-refractivity contribution in [3.8, 4) is 5.75 Å². The normalized spacial score (nSPS) is 10.3. The van der Waals surface area contributed by atoms with Crippen LogP contribution in [0.15, 0.2) is 40.9 Å². The Labute approximate surface area is 133 Å². The van der Waals surface area contributed by atoms with Gasteiger partial charge in [0.05, 0.1) is 10.7 Å². The molecule has 0 aliphatic heterocycles. The summed E-state index contributed by atoms with van der Waals surface area (Å²) < 4.78 is 32.0. The smallest absolute Gasteiger partial charge is 0.262 e. The number of amides is 1. The Morgan fingerprint density at radius 2 is 2.00 bits per heavy atom. The highest BCUT2D eigenvalue weighted by Crippen LogP contribution is 2.23. The summed E-state index contributed by atoms with van der Waals surface area (Å²) in [4.78, 5) is 11.7. The number of carbonyl (C=O) groups excluding carboxylic acids is 1. The van der Waals surface area contributed by atoms with E-state index >= 15 is 0 Å². The lowest BCUT2D eigenvalue weighted by Gasteiger charge is -2.09. The first kappa shape index (κ1) is 15.7. The van der Waals surface area contributed by atoms with Crippen LogP contribution in [0.2, 0.25) is 5.02 Å². The minimum absolute atomic E-state index is 0.0430. The van der Waals surface area contributed by atoms with Crippen LogP contribution in [0.1, 0.15) is 0 Å². The molecule has 21 heavy (non-hydrogen) atoms. The largest absolute Gasteiger partial charge is 0.481 e. The summed E-state index contributed by atoms with van der Waals surface area (Å²) in [6.07, 6.45) is 0. The highest BCUT2D eigenvalue weighted by Gasteiger charge is 2.10. The molecule has 0 aliphatic carbocycles. The molecule has 0 spiro atoms. The molecule has 7 heteroatoms. The quantitative estimate of drug-likeness (QED) is 0.859. The van der Waals surface area contributed by atoms with E-state index in [2.05, 4.69) is 21.2 Å². The van der Waals surface area contributed by atoms with Crippen molar-refractivity contribution in [3.05, 3.63) is 57.5 Å². The number of halogens is 4. The van der Waals surface area contributed by atoms with Gasteiger partial charge in [-0.25, -0.2) is 8.78 Å². The lowest BCUT2D eigenvalue weighted by Crippen LogP contribution is -2.20. The first-order valence-corrected chi connectivity index (χ1v) is 6.95. The summed E-state index contributed by atoms with van der Waals surface area (Å²) in [5, 5.41) is 2.51. The minimum Gasteiger partial charge on any atom is -0.481 e. The third kappa shape index (κ3) is 4.41. The number of nitrogens with one attached hydrogen (secondary N) is 1. The summed E-state index contributed by atoms with van der Waals surface area (Å²) in [7, 11) is 0. The molecule has 0 fully saturated rings. The maximum Gasteiger partial charge on any atom is 0.262 e. The van der Waals surface area contributed by atoms with Crippen LogP contribution in [0.4, 0.5) is 14.5 Å². The average molecular weight is 377 g/mol. The highest BCUT2D eigenvalue weighted by molar-refractivity contribution is 9.10. The Hall–Kier alpha value is -1.66. The van der Waals surface area contributed by atoms with Gasteiger partial charge in [-0.15, -0.1) is 0 Å². The first-order chi connectivity index (χ1) is 9.95. The van der Waals surface area contributed by atoms with Gasteiger partial charge in [0.1, 0.15) is 5.82 Å². The van der Waals surface area contributed by atoms with E-state index in [1.807, 2.05) is 0 Å². The van der Waals surface area contributed by atoms with Gasteiger partial charge in [0.2, 0.25) is 0 Å². The molecule has 0 aromatic heterocycles. The molecule has 2 aromatic carbocycles. The van der Waals surface area contributed by atoms with Gasteiger partial charge in [-0.2, -0.15) is 0 Å². The fourth-order valence-corrected chi connectivity index (χ4v) is 2.06. The average Bonchev–Trinajstić information content (AvgIpc) is 2.41. The molecule has 2 rings (SSSR count). The predicted octanol–water partition coefficient (Wildman–Crippen LogP) is 4.40. The zero-order valence-corrected chi connectivity index (χ0v) is 12.8. The molecular weight excluding hydrogens is 368 g/mol. The molecule has 0 saturated carbocycles. The Bertz CT molecular complexity index is 682. The van der Waals surface area contributed by atoms with Crippen LogP contribution in [-0.2, 0) is 4.79 Å². The van der Waals surface area contributed by atoms with Crippen LogP contribution < -0.4 is 10.1 Å². The second kappa shape index (κ2) is 6.87. The molecule has 0 atom stereocenters. The van der Waals surface area contributed by atoms with Crippen LogP contribution in [0.5, 0.6) is 5.75 Å². The van der Waals surface area contributed by atoms with E-state index in [1.54, 1.807) is 6.07 Å². The third-order valence-corrected chi connectivity index (χ3v) is 3.26. The van der Waals surface area contributed by atoms with E-state index in [0.29, 0.717) is 4.47 Å². The fourth-order valence-electron chi connectivity index (χ4n) is 1.51. The zero-order chi connectivity index (χ0) is 15.4.